The van der Waals surface area contributed by atoms with E-state index in [9.17, 15) is 18.0 Å². The van der Waals surface area contributed by atoms with E-state index in [0.29, 0.717) is 33.7 Å². The fourth-order valence-electron chi connectivity index (χ4n) is 5.48. The molecule has 0 saturated heterocycles. The maximum Gasteiger partial charge on any atom is 0.264 e. The van der Waals surface area contributed by atoms with Gasteiger partial charge in [0, 0.05) is 29.6 Å². The molecule has 2 amide bonds. The molecular weight excluding hydrogens is 717 g/mol. The van der Waals surface area contributed by atoms with Crippen LogP contribution in [-0.4, -0.2) is 44.3 Å². The van der Waals surface area contributed by atoms with Crippen molar-refractivity contribution in [1.82, 2.24) is 10.2 Å². The minimum Gasteiger partial charge on any atom is -0.457 e. The number of anilines is 1. The number of nitrogens with zero attached hydrogens (tertiary/aromatic N) is 2. The first-order valence-corrected chi connectivity index (χ1v) is 19.1. The van der Waals surface area contributed by atoms with Gasteiger partial charge < -0.3 is 15.0 Å². The predicted molar refractivity (Wildman–Crippen MR) is 207 cm³/mol. The second-order valence-electron chi connectivity index (χ2n) is 12.8. The van der Waals surface area contributed by atoms with Crippen LogP contribution >= 0.6 is 23.2 Å². The van der Waals surface area contributed by atoms with Crippen LogP contribution in [0, 0.1) is 12.8 Å². The normalized spacial score (nSPS) is 11.9. The topological polar surface area (TPSA) is 96.0 Å². The van der Waals surface area contributed by atoms with Crippen LogP contribution in [0.2, 0.25) is 10.0 Å². The number of rotatable bonds is 15. The van der Waals surface area contributed by atoms with Crippen LogP contribution in [0.25, 0.3) is 0 Å². The van der Waals surface area contributed by atoms with Gasteiger partial charge in [-0.2, -0.15) is 0 Å². The van der Waals surface area contributed by atoms with Crippen molar-refractivity contribution in [3.8, 4) is 11.5 Å². The summed E-state index contributed by atoms with van der Waals surface area (Å²) in [5, 5.41) is 3.71. The molecular formula is C41H41Cl2N3O5S. The molecule has 0 aliphatic heterocycles. The molecule has 5 aromatic carbocycles. The molecule has 1 atom stereocenters. The van der Waals surface area contributed by atoms with E-state index in [-0.39, 0.29) is 35.4 Å². The Morgan fingerprint density at radius 2 is 1.40 bits per heavy atom. The summed E-state index contributed by atoms with van der Waals surface area (Å²) in [6.45, 7) is 5.52. The van der Waals surface area contributed by atoms with Crippen LogP contribution in [-0.2, 0) is 32.6 Å². The summed E-state index contributed by atoms with van der Waals surface area (Å²) in [6.07, 6.45) is 0.179. The number of carbonyl (C=O) groups is 2. The van der Waals surface area contributed by atoms with E-state index in [1.165, 1.54) is 17.0 Å². The van der Waals surface area contributed by atoms with Gasteiger partial charge in [0.25, 0.3) is 10.0 Å². The lowest BCUT2D eigenvalue weighted by atomic mass is 10.0. The highest BCUT2D eigenvalue weighted by Crippen LogP contribution is 2.30. The Morgan fingerprint density at radius 3 is 2.02 bits per heavy atom. The van der Waals surface area contributed by atoms with Gasteiger partial charge >= 0.3 is 0 Å². The average molecular weight is 759 g/mol. The minimum atomic E-state index is -4.28. The van der Waals surface area contributed by atoms with Gasteiger partial charge in [-0.05, 0) is 84.6 Å². The van der Waals surface area contributed by atoms with Gasteiger partial charge in [0.05, 0.1) is 10.6 Å². The minimum absolute atomic E-state index is 0.0123. The van der Waals surface area contributed by atoms with Gasteiger partial charge in [-0.1, -0.05) is 109 Å². The summed E-state index contributed by atoms with van der Waals surface area (Å²) in [7, 11) is -4.28. The Hall–Kier alpha value is -4.83. The monoisotopic (exact) mass is 757 g/mol. The highest BCUT2D eigenvalue weighted by Gasteiger charge is 2.35. The van der Waals surface area contributed by atoms with Crippen LogP contribution in [0.4, 0.5) is 5.69 Å². The first-order chi connectivity index (χ1) is 24.9. The first-order valence-electron chi connectivity index (χ1n) is 16.9. The molecule has 0 saturated carbocycles. The Labute approximate surface area is 316 Å². The number of nitrogens with one attached hydrogen (secondary N) is 1. The molecule has 0 aromatic heterocycles. The Morgan fingerprint density at radius 1 is 0.788 bits per heavy atom. The fourth-order valence-corrected chi connectivity index (χ4v) is 7.36. The van der Waals surface area contributed by atoms with Crippen molar-refractivity contribution >= 4 is 50.7 Å². The maximum atomic E-state index is 14.8. The molecule has 1 N–H and O–H groups in total. The molecule has 5 rings (SSSR count). The quantitative estimate of drug-likeness (QED) is 0.115. The molecule has 52 heavy (non-hydrogen) atoms. The maximum absolute atomic E-state index is 14.8. The van der Waals surface area contributed by atoms with Crippen molar-refractivity contribution in [2.75, 3.05) is 17.4 Å². The number of para-hydroxylation sites is 1. The third-order valence-corrected chi connectivity index (χ3v) is 10.7. The summed E-state index contributed by atoms with van der Waals surface area (Å²) in [4.78, 5) is 30.2. The lowest BCUT2D eigenvalue weighted by Gasteiger charge is -2.34. The lowest BCUT2D eigenvalue weighted by Crippen LogP contribution is -2.53. The highest BCUT2D eigenvalue weighted by atomic mass is 35.5. The van der Waals surface area contributed by atoms with Crippen molar-refractivity contribution in [3.63, 3.8) is 0 Å². The molecule has 270 valence electrons. The van der Waals surface area contributed by atoms with E-state index in [1.807, 2.05) is 81.4 Å². The summed E-state index contributed by atoms with van der Waals surface area (Å²) in [6, 6.07) is 35.4. The van der Waals surface area contributed by atoms with Crippen molar-refractivity contribution in [1.29, 1.82) is 0 Å². The molecule has 5 aromatic rings. The number of ether oxygens (including phenoxy) is 1. The number of hydrogen-bond acceptors (Lipinski definition) is 5. The SMILES string of the molecule is Cc1ccc(S(=O)(=O)N(CC(=O)N(Cc2ccc(Cl)cc2Cl)[C@@H](Cc2ccccc2)C(=O)NCC(C)C)c2ccc(Oc3ccccc3)cc2)cc1. The molecule has 11 heteroatoms. The fraction of sp³-hybridized carbons (Fsp3) is 0.220. The molecule has 0 bridgehead atoms. The van der Waals surface area contributed by atoms with Gasteiger partial charge in [0.1, 0.15) is 24.1 Å². The van der Waals surface area contributed by atoms with Crippen LogP contribution in [0.3, 0.4) is 0 Å². The summed E-state index contributed by atoms with van der Waals surface area (Å²) in [5.41, 5.74) is 2.49. The van der Waals surface area contributed by atoms with E-state index in [2.05, 4.69) is 5.32 Å². The average Bonchev–Trinajstić information content (AvgIpc) is 3.13. The van der Waals surface area contributed by atoms with Gasteiger partial charge in [-0.15, -0.1) is 0 Å². The summed E-state index contributed by atoms with van der Waals surface area (Å²) in [5.74, 6) is 0.280. The molecule has 0 unspecified atom stereocenters. The van der Waals surface area contributed by atoms with Crippen molar-refractivity contribution in [2.24, 2.45) is 5.92 Å². The zero-order chi connectivity index (χ0) is 37.3. The molecule has 0 spiro atoms. The number of halogens is 2. The third-order valence-electron chi connectivity index (χ3n) is 8.30. The number of sulfonamides is 1. The highest BCUT2D eigenvalue weighted by molar-refractivity contribution is 7.92. The van der Waals surface area contributed by atoms with Gasteiger partial charge in [0.15, 0.2) is 0 Å². The number of amides is 2. The number of carbonyl (C=O) groups excluding carboxylic acids is 2. The van der Waals surface area contributed by atoms with Crippen molar-refractivity contribution in [3.05, 3.63) is 154 Å². The van der Waals surface area contributed by atoms with Crippen LogP contribution in [0.15, 0.2) is 132 Å². The van der Waals surface area contributed by atoms with Crippen molar-refractivity contribution < 1.29 is 22.7 Å². The van der Waals surface area contributed by atoms with E-state index >= 15 is 0 Å². The number of aryl methyl sites for hydroxylation is 1. The van der Waals surface area contributed by atoms with Crippen molar-refractivity contribution in [2.45, 2.75) is 44.7 Å². The van der Waals surface area contributed by atoms with Gasteiger partial charge in [0.2, 0.25) is 11.8 Å². The van der Waals surface area contributed by atoms with Crippen LogP contribution < -0.4 is 14.4 Å². The lowest BCUT2D eigenvalue weighted by molar-refractivity contribution is -0.140. The van der Waals surface area contributed by atoms with E-state index in [1.54, 1.807) is 54.6 Å². The first kappa shape index (κ1) is 38.4. The molecule has 0 aliphatic rings. The molecule has 0 aliphatic carbocycles. The van der Waals surface area contributed by atoms with E-state index in [4.69, 9.17) is 27.9 Å². The second-order valence-corrected chi connectivity index (χ2v) is 15.5. The Kier molecular flexibility index (Phi) is 13.0. The zero-order valence-corrected chi connectivity index (χ0v) is 31.5. The Balaban J connectivity index is 1.57. The summed E-state index contributed by atoms with van der Waals surface area (Å²) >= 11 is 12.8. The van der Waals surface area contributed by atoms with Crippen LogP contribution in [0.5, 0.6) is 11.5 Å². The van der Waals surface area contributed by atoms with Crippen LogP contribution in [0.1, 0.15) is 30.5 Å². The number of benzene rings is 5. The van der Waals surface area contributed by atoms with E-state index in [0.717, 1.165) is 15.4 Å². The second kappa shape index (κ2) is 17.6. The standard InChI is InChI=1S/C41H41Cl2N3O5S/c1-29(2)26-44-41(48)39(24-31-10-6-4-7-11-31)45(27-32-16-17-33(42)25-38(32)43)40(47)28-46(52(49,50)37-22-14-30(3)15-23-37)34-18-20-36(21-19-34)51-35-12-8-5-9-13-35/h4-23,25,29,39H,24,26-28H2,1-3H3,(H,44,48)/t39-/m0/s1. The molecule has 8 nitrogen and oxygen atoms in total. The smallest absolute Gasteiger partial charge is 0.264 e. The molecule has 0 heterocycles. The zero-order valence-electron chi connectivity index (χ0n) is 29.2. The largest absolute Gasteiger partial charge is 0.457 e. The van der Waals surface area contributed by atoms with Gasteiger partial charge in [-0.25, -0.2) is 8.42 Å². The number of hydrogen-bond donors (Lipinski definition) is 1. The molecule has 0 radical (unpaired) electrons. The van der Waals surface area contributed by atoms with E-state index < -0.39 is 28.5 Å². The molecule has 0 fully saturated rings. The van der Waals surface area contributed by atoms with Gasteiger partial charge in [-0.3, -0.25) is 13.9 Å². The predicted octanol–water partition coefficient (Wildman–Crippen LogP) is 8.70. The summed E-state index contributed by atoms with van der Waals surface area (Å²) < 4.78 is 35.8. The third kappa shape index (κ3) is 10.2. The Bertz CT molecular complexity index is 2060.